The van der Waals surface area contributed by atoms with E-state index in [0.29, 0.717) is 16.4 Å². The zero-order valence-corrected chi connectivity index (χ0v) is 11.4. The largest absolute Gasteiger partial charge is 0.382 e. The van der Waals surface area contributed by atoms with Crippen molar-refractivity contribution in [1.82, 2.24) is 9.78 Å². The normalized spacial score (nSPS) is 10.2. The van der Waals surface area contributed by atoms with E-state index in [1.165, 1.54) is 11.8 Å². The van der Waals surface area contributed by atoms with Crippen LogP contribution in [0.1, 0.15) is 5.56 Å². The zero-order valence-electron chi connectivity index (χ0n) is 9.01. The Balaban J connectivity index is 2.66. The van der Waals surface area contributed by atoms with E-state index in [1.807, 2.05) is 30.5 Å². The van der Waals surface area contributed by atoms with Gasteiger partial charge in [-0.2, -0.15) is 10.4 Å². The van der Waals surface area contributed by atoms with E-state index in [2.05, 4.69) is 27.1 Å². The lowest BCUT2D eigenvalue weighted by Gasteiger charge is -2.05. The van der Waals surface area contributed by atoms with Crippen LogP contribution >= 0.6 is 27.7 Å². The van der Waals surface area contributed by atoms with Gasteiger partial charge in [0.1, 0.15) is 22.5 Å². The molecule has 0 spiro atoms. The first-order valence-electron chi connectivity index (χ1n) is 4.76. The molecule has 0 aliphatic carbocycles. The number of nitrogens with two attached hydrogens (primary N) is 1. The third-order valence-corrected chi connectivity index (χ3v) is 3.62. The average molecular weight is 309 g/mol. The highest BCUT2D eigenvalue weighted by Gasteiger charge is 2.16. The molecule has 0 radical (unpaired) electrons. The molecule has 0 saturated carbocycles. The Bertz CT molecular complexity index is 600. The number of halogens is 1. The van der Waals surface area contributed by atoms with Crippen LogP contribution in [-0.2, 0) is 0 Å². The molecule has 2 aromatic rings. The first-order valence-corrected chi connectivity index (χ1v) is 6.78. The number of aromatic nitrogens is 2. The Morgan fingerprint density at radius 3 is 2.71 bits per heavy atom. The van der Waals surface area contributed by atoms with Gasteiger partial charge in [0.2, 0.25) is 0 Å². The van der Waals surface area contributed by atoms with Gasteiger partial charge in [0.05, 0.1) is 5.69 Å². The number of benzene rings is 1. The topological polar surface area (TPSA) is 67.6 Å². The molecule has 1 heterocycles. The summed E-state index contributed by atoms with van der Waals surface area (Å²) in [5.74, 6) is 0.365. The van der Waals surface area contributed by atoms with Crippen molar-refractivity contribution in [2.24, 2.45) is 0 Å². The number of nitriles is 1. The summed E-state index contributed by atoms with van der Waals surface area (Å²) in [6, 6.07) is 9.68. The maximum absolute atomic E-state index is 9.05. The van der Waals surface area contributed by atoms with Crippen LogP contribution in [0.5, 0.6) is 0 Å². The van der Waals surface area contributed by atoms with Gasteiger partial charge in [-0.3, -0.25) is 0 Å². The van der Waals surface area contributed by atoms with E-state index in [-0.39, 0.29) is 0 Å². The summed E-state index contributed by atoms with van der Waals surface area (Å²) in [6.45, 7) is 0. The summed E-state index contributed by atoms with van der Waals surface area (Å²) in [7, 11) is 0. The number of nitrogens with zero attached hydrogens (tertiary/aromatic N) is 3. The Kier molecular flexibility index (Phi) is 3.41. The van der Waals surface area contributed by atoms with Crippen molar-refractivity contribution in [2.45, 2.75) is 5.03 Å². The fraction of sp³-hybridized carbons (Fsp3) is 0.0909. The van der Waals surface area contributed by atoms with Crippen molar-refractivity contribution >= 4 is 33.5 Å². The Hall–Kier alpha value is -1.45. The summed E-state index contributed by atoms with van der Waals surface area (Å²) < 4.78 is 2.46. The van der Waals surface area contributed by atoms with Gasteiger partial charge in [-0.05, 0) is 34.3 Å². The van der Waals surface area contributed by atoms with E-state index in [1.54, 1.807) is 4.68 Å². The van der Waals surface area contributed by atoms with Crippen LogP contribution in [0, 0.1) is 11.3 Å². The van der Waals surface area contributed by atoms with Gasteiger partial charge in [0.25, 0.3) is 0 Å². The van der Waals surface area contributed by atoms with Gasteiger partial charge < -0.3 is 5.73 Å². The van der Waals surface area contributed by atoms with Gasteiger partial charge in [-0.1, -0.05) is 12.1 Å². The van der Waals surface area contributed by atoms with Crippen LogP contribution in [0.4, 0.5) is 5.82 Å². The van der Waals surface area contributed by atoms with Crippen molar-refractivity contribution in [3.05, 3.63) is 34.3 Å². The van der Waals surface area contributed by atoms with E-state index < -0.39 is 0 Å². The smallest absolute Gasteiger partial charge is 0.146 e. The number of hydrogen-bond donors (Lipinski definition) is 1. The lowest BCUT2D eigenvalue weighted by molar-refractivity contribution is 0.842. The second-order valence-electron chi connectivity index (χ2n) is 3.24. The van der Waals surface area contributed by atoms with E-state index >= 15 is 0 Å². The van der Waals surface area contributed by atoms with Gasteiger partial charge in [0, 0.05) is 4.47 Å². The third-order valence-electron chi connectivity index (χ3n) is 2.27. The molecule has 0 bridgehead atoms. The molecule has 2 rings (SSSR count). The van der Waals surface area contributed by atoms with Crippen LogP contribution < -0.4 is 5.73 Å². The molecule has 6 heteroatoms. The molecule has 4 nitrogen and oxygen atoms in total. The first kappa shape index (κ1) is 12.0. The maximum atomic E-state index is 9.05. The Morgan fingerprint density at radius 2 is 2.18 bits per heavy atom. The minimum absolute atomic E-state index is 0.365. The van der Waals surface area contributed by atoms with Gasteiger partial charge in [-0.25, -0.2) is 4.68 Å². The quantitative estimate of drug-likeness (QED) is 0.866. The Morgan fingerprint density at radius 1 is 1.47 bits per heavy atom. The van der Waals surface area contributed by atoms with Crippen LogP contribution in [0.2, 0.25) is 0 Å². The van der Waals surface area contributed by atoms with Gasteiger partial charge in [-0.15, -0.1) is 11.8 Å². The second-order valence-corrected chi connectivity index (χ2v) is 4.89. The van der Waals surface area contributed by atoms with Crippen molar-refractivity contribution in [3.8, 4) is 11.8 Å². The molecule has 2 N–H and O–H groups in total. The molecule has 1 aromatic heterocycles. The molecule has 0 unspecified atom stereocenters. The highest BCUT2D eigenvalue weighted by atomic mass is 79.9. The third kappa shape index (κ3) is 2.04. The SMILES string of the molecule is CSc1nn(-c2ccccc2Br)c(N)c1C#N. The first-order chi connectivity index (χ1) is 8.19. The molecule has 0 aliphatic heterocycles. The Labute approximate surface area is 112 Å². The average Bonchev–Trinajstić information content (AvgIpc) is 2.66. The predicted octanol–water partition coefficient (Wildman–Crippen LogP) is 2.81. The lowest BCUT2D eigenvalue weighted by atomic mass is 10.3. The summed E-state index contributed by atoms with van der Waals surface area (Å²) in [6.07, 6.45) is 1.87. The second kappa shape index (κ2) is 4.82. The van der Waals surface area contributed by atoms with Crippen LogP contribution in [0.25, 0.3) is 5.69 Å². The minimum Gasteiger partial charge on any atom is -0.382 e. The van der Waals surface area contributed by atoms with E-state index in [0.717, 1.165) is 10.2 Å². The van der Waals surface area contributed by atoms with Gasteiger partial charge >= 0.3 is 0 Å². The van der Waals surface area contributed by atoms with Crippen molar-refractivity contribution < 1.29 is 0 Å². The summed E-state index contributed by atoms with van der Waals surface area (Å²) in [5, 5.41) is 14.0. The summed E-state index contributed by atoms with van der Waals surface area (Å²) in [4.78, 5) is 0. The monoisotopic (exact) mass is 308 g/mol. The number of para-hydroxylation sites is 1. The van der Waals surface area contributed by atoms with Gasteiger partial charge in [0.15, 0.2) is 0 Å². The number of thioether (sulfide) groups is 1. The fourth-order valence-corrected chi connectivity index (χ4v) is 2.44. The molecular formula is C11H9BrN4S. The molecule has 0 fully saturated rings. The zero-order chi connectivity index (χ0) is 12.4. The van der Waals surface area contributed by atoms with Crippen LogP contribution in [0.3, 0.4) is 0 Å². The molecule has 1 aromatic carbocycles. The lowest BCUT2D eigenvalue weighted by Crippen LogP contribution is -2.03. The van der Waals surface area contributed by atoms with Crippen LogP contribution in [0.15, 0.2) is 33.8 Å². The van der Waals surface area contributed by atoms with Crippen LogP contribution in [-0.4, -0.2) is 16.0 Å². The predicted molar refractivity (Wildman–Crippen MR) is 72.2 cm³/mol. The highest BCUT2D eigenvalue weighted by Crippen LogP contribution is 2.29. The van der Waals surface area contributed by atoms with Crippen molar-refractivity contribution in [1.29, 1.82) is 5.26 Å². The molecule has 0 saturated heterocycles. The number of anilines is 1. The fourth-order valence-electron chi connectivity index (χ4n) is 1.47. The molecule has 86 valence electrons. The maximum Gasteiger partial charge on any atom is 0.146 e. The van der Waals surface area contributed by atoms with E-state index in [4.69, 9.17) is 11.0 Å². The van der Waals surface area contributed by atoms with E-state index in [9.17, 15) is 0 Å². The highest BCUT2D eigenvalue weighted by molar-refractivity contribution is 9.10. The number of hydrogen-bond acceptors (Lipinski definition) is 4. The molecule has 0 aliphatic rings. The standard InChI is InChI=1S/C11H9BrN4S/c1-17-11-7(6-13)10(14)16(15-11)9-5-3-2-4-8(9)12/h2-5H,14H2,1H3. The molecule has 0 amide bonds. The van der Waals surface area contributed by atoms with Crippen molar-refractivity contribution in [3.63, 3.8) is 0 Å². The molecule has 17 heavy (non-hydrogen) atoms. The summed E-state index contributed by atoms with van der Waals surface area (Å²) >= 11 is 4.84. The molecular weight excluding hydrogens is 300 g/mol. The molecule has 0 atom stereocenters. The minimum atomic E-state index is 0.365. The van der Waals surface area contributed by atoms with Crippen molar-refractivity contribution in [2.75, 3.05) is 12.0 Å². The number of rotatable bonds is 2. The summed E-state index contributed by atoms with van der Waals surface area (Å²) in [5.41, 5.74) is 7.18. The number of nitrogen functional groups attached to an aromatic ring is 1.